The second-order valence-electron chi connectivity index (χ2n) is 5.28. The SMILES string of the molecule is CC(=O)Nc1ccc(N=Nc2c(-c3ccc(O)cc3)[nH][nH]c2=O)cc1. The molecule has 0 atom stereocenters. The summed E-state index contributed by atoms with van der Waals surface area (Å²) in [6.45, 7) is 1.43. The van der Waals surface area contributed by atoms with Gasteiger partial charge in [0.1, 0.15) is 5.75 Å². The average molecular weight is 337 g/mol. The highest BCUT2D eigenvalue weighted by Crippen LogP contribution is 2.28. The molecule has 4 N–H and O–H groups in total. The van der Waals surface area contributed by atoms with Gasteiger partial charge in [0, 0.05) is 18.2 Å². The Morgan fingerprint density at radius 2 is 1.68 bits per heavy atom. The van der Waals surface area contributed by atoms with Crippen LogP contribution in [0.4, 0.5) is 17.1 Å². The van der Waals surface area contributed by atoms with Crippen molar-refractivity contribution >= 4 is 23.0 Å². The number of benzene rings is 2. The second kappa shape index (κ2) is 6.83. The number of carbonyl (C=O) groups is 1. The molecule has 1 aromatic heterocycles. The summed E-state index contributed by atoms with van der Waals surface area (Å²) in [5.41, 5.74) is 2.08. The highest BCUT2D eigenvalue weighted by atomic mass is 16.3. The lowest BCUT2D eigenvalue weighted by atomic mass is 10.1. The van der Waals surface area contributed by atoms with Crippen molar-refractivity contribution in [3.8, 4) is 17.0 Å². The van der Waals surface area contributed by atoms with Crippen LogP contribution >= 0.6 is 0 Å². The molecular formula is C17H15N5O3. The van der Waals surface area contributed by atoms with Crippen molar-refractivity contribution < 1.29 is 9.90 Å². The third-order valence-corrected chi connectivity index (χ3v) is 3.36. The van der Waals surface area contributed by atoms with Gasteiger partial charge in [-0.05, 0) is 48.5 Å². The Morgan fingerprint density at radius 1 is 1.00 bits per heavy atom. The van der Waals surface area contributed by atoms with E-state index in [2.05, 4.69) is 25.7 Å². The van der Waals surface area contributed by atoms with Crippen molar-refractivity contribution in [2.75, 3.05) is 5.32 Å². The zero-order chi connectivity index (χ0) is 17.8. The molecule has 0 unspecified atom stereocenters. The number of azo groups is 1. The number of hydrogen-bond acceptors (Lipinski definition) is 5. The maximum absolute atomic E-state index is 11.9. The fourth-order valence-corrected chi connectivity index (χ4v) is 2.21. The highest BCUT2D eigenvalue weighted by Gasteiger charge is 2.11. The lowest BCUT2D eigenvalue weighted by molar-refractivity contribution is -0.114. The number of aromatic hydroxyl groups is 1. The molecule has 25 heavy (non-hydrogen) atoms. The minimum Gasteiger partial charge on any atom is -0.508 e. The van der Waals surface area contributed by atoms with Crippen molar-refractivity contribution in [1.29, 1.82) is 0 Å². The number of rotatable bonds is 4. The molecule has 3 rings (SSSR count). The maximum atomic E-state index is 11.9. The van der Waals surface area contributed by atoms with Gasteiger partial charge in [-0.15, -0.1) is 5.11 Å². The zero-order valence-corrected chi connectivity index (χ0v) is 13.3. The van der Waals surface area contributed by atoms with Crippen LogP contribution in [0.15, 0.2) is 63.6 Å². The van der Waals surface area contributed by atoms with Crippen molar-refractivity contribution in [3.63, 3.8) is 0 Å². The number of nitrogens with zero attached hydrogens (tertiary/aromatic N) is 2. The normalized spacial score (nSPS) is 10.9. The lowest BCUT2D eigenvalue weighted by Crippen LogP contribution is -2.04. The van der Waals surface area contributed by atoms with E-state index in [0.717, 1.165) is 0 Å². The number of carbonyl (C=O) groups excluding carboxylic acids is 1. The second-order valence-corrected chi connectivity index (χ2v) is 5.28. The summed E-state index contributed by atoms with van der Waals surface area (Å²) in [6, 6.07) is 13.1. The highest BCUT2D eigenvalue weighted by molar-refractivity contribution is 5.88. The first-order chi connectivity index (χ1) is 12.0. The van der Waals surface area contributed by atoms with Gasteiger partial charge in [-0.25, -0.2) is 0 Å². The van der Waals surface area contributed by atoms with E-state index in [0.29, 0.717) is 22.6 Å². The van der Waals surface area contributed by atoms with E-state index in [1.807, 2.05) is 0 Å². The number of H-pyrrole nitrogens is 2. The van der Waals surface area contributed by atoms with E-state index < -0.39 is 5.56 Å². The van der Waals surface area contributed by atoms with Crippen LogP contribution in [0.2, 0.25) is 0 Å². The monoisotopic (exact) mass is 337 g/mol. The smallest absolute Gasteiger partial charge is 0.292 e. The van der Waals surface area contributed by atoms with Gasteiger partial charge in [-0.3, -0.25) is 19.8 Å². The minimum absolute atomic E-state index is 0.129. The number of nitrogens with one attached hydrogen (secondary N) is 3. The molecule has 0 saturated heterocycles. The van der Waals surface area contributed by atoms with Gasteiger partial charge in [-0.2, -0.15) is 5.11 Å². The van der Waals surface area contributed by atoms with E-state index in [9.17, 15) is 14.7 Å². The van der Waals surface area contributed by atoms with E-state index in [1.165, 1.54) is 19.1 Å². The molecule has 126 valence electrons. The number of phenolic OH excluding ortho intramolecular Hbond substituents is 1. The number of hydrogen-bond donors (Lipinski definition) is 4. The van der Waals surface area contributed by atoms with Gasteiger partial charge in [0.2, 0.25) is 5.91 Å². The molecule has 0 bridgehead atoms. The number of phenols is 1. The van der Waals surface area contributed by atoms with Crippen LogP contribution < -0.4 is 10.9 Å². The summed E-state index contributed by atoms with van der Waals surface area (Å²) in [6.07, 6.45) is 0. The number of amides is 1. The summed E-state index contributed by atoms with van der Waals surface area (Å²) in [4.78, 5) is 22.9. The van der Waals surface area contributed by atoms with Crippen LogP contribution in [0.3, 0.4) is 0 Å². The van der Waals surface area contributed by atoms with E-state index in [-0.39, 0.29) is 17.3 Å². The van der Waals surface area contributed by atoms with Crippen molar-refractivity contribution in [3.05, 3.63) is 58.9 Å². The third kappa shape index (κ3) is 3.81. The Balaban J connectivity index is 1.86. The topological polar surface area (TPSA) is 123 Å². The molecule has 0 spiro atoms. The summed E-state index contributed by atoms with van der Waals surface area (Å²) in [5.74, 6) is -0.0316. The largest absolute Gasteiger partial charge is 0.508 e. The molecular weight excluding hydrogens is 322 g/mol. The molecule has 0 aliphatic carbocycles. The van der Waals surface area contributed by atoms with Crippen LogP contribution in [-0.4, -0.2) is 21.2 Å². The molecule has 8 heteroatoms. The van der Waals surface area contributed by atoms with Crippen LogP contribution in [0.1, 0.15) is 6.92 Å². The number of aromatic nitrogens is 2. The number of aromatic amines is 2. The molecule has 3 aromatic rings. The van der Waals surface area contributed by atoms with Gasteiger partial charge in [-0.1, -0.05) is 0 Å². The first kappa shape index (κ1) is 16.2. The molecule has 8 nitrogen and oxygen atoms in total. The number of anilines is 1. The first-order valence-electron chi connectivity index (χ1n) is 7.42. The van der Waals surface area contributed by atoms with E-state index in [1.54, 1.807) is 36.4 Å². The average Bonchev–Trinajstić information content (AvgIpc) is 2.95. The van der Waals surface area contributed by atoms with E-state index in [4.69, 9.17) is 0 Å². The standard InChI is InChI=1S/C17H15N5O3/c1-10(23)18-12-4-6-13(7-5-12)19-21-16-15(20-22-17(16)25)11-2-8-14(24)9-3-11/h2-9,24H,1H3,(H,18,23)(H2,20,22,25). The maximum Gasteiger partial charge on any atom is 0.292 e. The Bertz CT molecular complexity index is 969. The van der Waals surface area contributed by atoms with Gasteiger partial charge in [0.05, 0.1) is 11.4 Å². The summed E-state index contributed by atoms with van der Waals surface area (Å²) in [7, 11) is 0. The van der Waals surface area contributed by atoms with Crippen LogP contribution in [0.25, 0.3) is 11.3 Å². The molecule has 0 aliphatic heterocycles. The molecule has 2 aromatic carbocycles. The Morgan fingerprint density at radius 3 is 2.32 bits per heavy atom. The van der Waals surface area contributed by atoms with Gasteiger partial charge in [0.25, 0.3) is 5.56 Å². The van der Waals surface area contributed by atoms with Crippen molar-refractivity contribution in [2.24, 2.45) is 10.2 Å². The quantitative estimate of drug-likeness (QED) is 0.545. The summed E-state index contributed by atoms with van der Waals surface area (Å²) in [5, 5.41) is 25.3. The fraction of sp³-hybridized carbons (Fsp3) is 0.0588. The van der Waals surface area contributed by atoms with E-state index >= 15 is 0 Å². The Labute approximate surface area is 142 Å². The van der Waals surface area contributed by atoms with Crippen LogP contribution in [0.5, 0.6) is 5.75 Å². The molecule has 0 radical (unpaired) electrons. The fourth-order valence-electron chi connectivity index (χ4n) is 2.21. The predicted octanol–water partition coefficient (Wildman–Crippen LogP) is 3.45. The molecule has 1 heterocycles. The molecule has 0 aliphatic rings. The summed E-state index contributed by atoms with van der Waals surface area (Å²) < 4.78 is 0. The minimum atomic E-state index is -0.401. The predicted molar refractivity (Wildman–Crippen MR) is 93.4 cm³/mol. The third-order valence-electron chi connectivity index (χ3n) is 3.36. The van der Waals surface area contributed by atoms with Crippen molar-refractivity contribution in [2.45, 2.75) is 6.92 Å². The van der Waals surface area contributed by atoms with Gasteiger partial charge >= 0.3 is 0 Å². The van der Waals surface area contributed by atoms with Crippen LogP contribution in [0, 0.1) is 0 Å². The molecule has 1 amide bonds. The van der Waals surface area contributed by atoms with Gasteiger partial charge < -0.3 is 10.4 Å². The van der Waals surface area contributed by atoms with Crippen molar-refractivity contribution in [1.82, 2.24) is 10.2 Å². The first-order valence-corrected chi connectivity index (χ1v) is 7.42. The molecule has 0 fully saturated rings. The van der Waals surface area contributed by atoms with Gasteiger partial charge in [0.15, 0.2) is 5.69 Å². The zero-order valence-electron chi connectivity index (χ0n) is 13.3. The Kier molecular flexibility index (Phi) is 4.42. The molecule has 0 saturated carbocycles. The Hall–Kier alpha value is -3.68. The van der Waals surface area contributed by atoms with Crippen LogP contribution in [-0.2, 0) is 4.79 Å². The lowest BCUT2D eigenvalue weighted by Gasteiger charge is -2.01. The summed E-state index contributed by atoms with van der Waals surface area (Å²) >= 11 is 0.